The normalized spacial score (nSPS) is 26.3. The molecule has 0 aromatic heterocycles. The lowest BCUT2D eigenvalue weighted by molar-refractivity contribution is 0.00760. The highest BCUT2D eigenvalue weighted by Gasteiger charge is 2.45. The van der Waals surface area contributed by atoms with Crippen LogP contribution in [0.25, 0.3) is 6.08 Å². The molecule has 0 saturated carbocycles. The van der Waals surface area contributed by atoms with E-state index in [-0.39, 0.29) is 5.60 Å². The topological polar surface area (TPSA) is 49.7 Å². The van der Waals surface area contributed by atoms with E-state index in [1.165, 1.54) is 5.57 Å². The van der Waals surface area contributed by atoms with Crippen LogP contribution in [0.3, 0.4) is 0 Å². The predicted molar refractivity (Wildman–Crippen MR) is 97.4 cm³/mol. The van der Waals surface area contributed by atoms with Crippen molar-refractivity contribution in [2.24, 2.45) is 5.92 Å². The first-order valence-electron chi connectivity index (χ1n) is 8.89. The Balaban J connectivity index is 2.02. The molecule has 0 bridgehead atoms. The molecule has 0 amide bonds. The van der Waals surface area contributed by atoms with Gasteiger partial charge in [-0.25, -0.2) is 0 Å². The third-order valence-corrected chi connectivity index (χ3v) is 5.46. The Labute approximate surface area is 144 Å². The van der Waals surface area contributed by atoms with Gasteiger partial charge in [0.2, 0.25) is 0 Å². The van der Waals surface area contributed by atoms with Crippen molar-refractivity contribution in [1.29, 1.82) is 0 Å². The monoisotopic (exact) mass is 328 g/mol. The molecule has 3 nitrogen and oxygen atoms in total. The predicted octanol–water partition coefficient (Wildman–Crippen LogP) is 4.79. The van der Waals surface area contributed by atoms with E-state index in [1.54, 1.807) is 12.1 Å². The fourth-order valence-electron chi connectivity index (χ4n) is 4.04. The van der Waals surface area contributed by atoms with Crippen molar-refractivity contribution in [3.05, 3.63) is 41.0 Å². The number of benzene rings is 1. The fourth-order valence-corrected chi connectivity index (χ4v) is 4.04. The van der Waals surface area contributed by atoms with Crippen LogP contribution >= 0.6 is 0 Å². The number of ether oxygens (including phenoxy) is 1. The molecular weight excluding hydrogens is 300 g/mol. The lowest BCUT2D eigenvalue weighted by Gasteiger charge is -2.47. The van der Waals surface area contributed by atoms with Gasteiger partial charge >= 0.3 is 0 Å². The van der Waals surface area contributed by atoms with E-state index < -0.39 is 6.10 Å². The maximum atomic E-state index is 10.7. The molecular formula is C21H28O3. The fraction of sp³-hybridized carbons (Fsp3) is 0.524. The van der Waals surface area contributed by atoms with Crippen LogP contribution in [0.1, 0.15) is 64.0 Å². The first-order valence-corrected chi connectivity index (χ1v) is 8.89. The highest BCUT2D eigenvalue weighted by Crippen LogP contribution is 2.54. The van der Waals surface area contributed by atoms with E-state index in [4.69, 9.17) is 4.74 Å². The van der Waals surface area contributed by atoms with Crippen LogP contribution in [0.4, 0.5) is 0 Å². The summed E-state index contributed by atoms with van der Waals surface area (Å²) in [6.45, 7) is 8.38. The first-order chi connectivity index (χ1) is 11.3. The average Bonchev–Trinajstić information content (AvgIpc) is 2.51. The molecule has 1 aromatic rings. The van der Waals surface area contributed by atoms with E-state index in [0.717, 1.165) is 29.7 Å². The van der Waals surface area contributed by atoms with Crippen LogP contribution in [0.15, 0.2) is 29.9 Å². The highest BCUT2D eigenvalue weighted by molar-refractivity contribution is 5.61. The second-order valence-electron chi connectivity index (χ2n) is 7.70. The molecule has 1 aliphatic carbocycles. The number of aromatic hydroxyl groups is 1. The molecule has 3 unspecified atom stereocenters. The van der Waals surface area contributed by atoms with Crippen LogP contribution in [0.5, 0.6) is 11.5 Å². The van der Waals surface area contributed by atoms with Gasteiger partial charge in [0.25, 0.3) is 0 Å². The summed E-state index contributed by atoms with van der Waals surface area (Å²) in [6.07, 6.45) is 8.09. The Morgan fingerprint density at radius 1 is 1.38 bits per heavy atom. The number of phenolic OH excluding ortho intramolecular Hbond substituents is 1. The summed E-state index contributed by atoms with van der Waals surface area (Å²) in [4.78, 5) is 0. The number of hydrogen-bond acceptors (Lipinski definition) is 3. The Bertz CT molecular complexity index is 685. The summed E-state index contributed by atoms with van der Waals surface area (Å²) in [6, 6.07) is 3.77. The van der Waals surface area contributed by atoms with Crippen molar-refractivity contribution in [3.8, 4) is 11.5 Å². The summed E-state index contributed by atoms with van der Waals surface area (Å²) in [5.74, 6) is 1.76. The zero-order valence-corrected chi connectivity index (χ0v) is 15.0. The summed E-state index contributed by atoms with van der Waals surface area (Å²) in [5.41, 5.74) is 2.93. The van der Waals surface area contributed by atoms with Gasteiger partial charge in [-0.05, 0) is 57.7 Å². The van der Waals surface area contributed by atoms with Gasteiger partial charge in [0.15, 0.2) is 0 Å². The van der Waals surface area contributed by atoms with Gasteiger partial charge in [-0.2, -0.15) is 0 Å². The van der Waals surface area contributed by atoms with Crippen LogP contribution in [0, 0.1) is 5.92 Å². The molecule has 0 spiro atoms. The van der Waals surface area contributed by atoms with Gasteiger partial charge < -0.3 is 14.9 Å². The maximum absolute atomic E-state index is 10.7. The maximum Gasteiger partial charge on any atom is 0.127 e. The van der Waals surface area contributed by atoms with E-state index in [2.05, 4.69) is 26.8 Å². The third-order valence-electron chi connectivity index (χ3n) is 5.46. The number of aliphatic hydroxyl groups is 1. The minimum absolute atomic E-state index is 0.257. The van der Waals surface area contributed by atoms with Gasteiger partial charge in [0, 0.05) is 17.4 Å². The van der Waals surface area contributed by atoms with Crippen molar-refractivity contribution < 1.29 is 14.9 Å². The van der Waals surface area contributed by atoms with E-state index in [1.807, 2.05) is 19.1 Å². The van der Waals surface area contributed by atoms with E-state index in [9.17, 15) is 10.2 Å². The van der Waals surface area contributed by atoms with Crippen LogP contribution in [0.2, 0.25) is 0 Å². The molecule has 1 aromatic carbocycles. The molecule has 3 heteroatoms. The van der Waals surface area contributed by atoms with Crippen LogP contribution in [-0.4, -0.2) is 21.9 Å². The lowest BCUT2D eigenvalue weighted by Crippen LogP contribution is -2.45. The minimum atomic E-state index is -0.462. The van der Waals surface area contributed by atoms with Gasteiger partial charge in [-0.1, -0.05) is 30.7 Å². The zero-order chi connectivity index (χ0) is 17.5. The second kappa shape index (κ2) is 6.29. The summed E-state index contributed by atoms with van der Waals surface area (Å²) in [5, 5.41) is 20.4. The highest BCUT2D eigenvalue weighted by atomic mass is 16.5. The number of aliphatic hydroxyl groups excluding tert-OH is 1. The quantitative estimate of drug-likeness (QED) is 0.785. The smallest absolute Gasteiger partial charge is 0.127 e. The largest absolute Gasteiger partial charge is 0.507 e. The Hall–Kier alpha value is -1.74. The van der Waals surface area contributed by atoms with Crippen molar-refractivity contribution in [2.75, 3.05) is 0 Å². The van der Waals surface area contributed by atoms with Crippen molar-refractivity contribution in [1.82, 2.24) is 0 Å². The molecule has 1 heterocycles. The number of fused-ring (bicyclic) bond motifs is 3. The van der Waals surface area contributed by atoms with Gasteiger partial charge in [0.05, 0.1) is 6.10 Å². The molecule has 2 N–H and O–H groups in total. The van der Waals surface area contributed by atoms with E-state index in [0.29, 0.717) is 24.0 Å². The molecule has 2 aliphatic rings. The van der Waals surface area contributed by atoms with Gasteiger partial charge in [-0.3, -0.25) is 0 Å². The Morgan fingerprint density at radius 2 is 2.12 bits per heavy atom. The number of rotatable bonds is 3. The summed E-state index contributed by atoms with van der Waals surface area (Å²) in [7, 11) is 0. The summed E-state index contributed by atoms with van der Waals surface area (Å²) < 4.78 is 6.29. The number of phenols is 1. The van der Waals surface area contributed by atoms with Gasteiger partial charge in [0.1, 0.15) is 17.1 Å². The minimum Gasteiger partial charge on any atom is -0.507 e. The van der Waals surface area contributed by atoms with Crippen molar-refractivity contribution in [2.45, 2.75) is 64.6 Å². The van der Waals surface area contributed by atoms with Gasteiger partial charge in [-0.15, -0.1) is 0 Å². The number of hydrogen-bond donors (Lipinski definition) is 2. The van der Waals surface area contributed by atoms with Crippen LogP contribution in [-0.2, 0) is 0 Å². The van der Waals surface area contributed by atoms with Crippen molar-refractivity contribution >= 4 is 6.08 Å². The average molecular weight is 328 g/mol. The molecule has 1 aliphatic heterocycles. The third kappa shape index (κ3) is 3.10. The second-order valence-corrected chi connectivity index (χ2v) is 7.70. The Kier molecular flexibility index (Phi) is 4.48. The molecule has 0 radical (unpaired) electrons. The first kappa shape index (κ1) is 17.1. The molecule has 24 heavy (non-hydrogen) atoms. The molecule has 3 atom stereocenters. The SMILES string of the molecule is CCC(O)/C=C/c1cc(O)c2c(c1)OC(C)(C)C1CC=C(C)CC21. The standard InChI is InChI=1S/C21H28O3/c1-5-15(22)8-7-14-11-18(23)20-16-10-13(2)6-9-17(16)21(3,4)24-19(20)12-14/h6-8,11-12,15-17,22-23H,5,9-10H2,1-4H3/b8-7+. The molecule has 0 saturated heterocycles. The zero-order valence-electron chi connectivity index (χ0n) is 15.0. The van der Waals surface area contributed by atoms with Crippen LogP contribution < -0.4 is 4.74 Å². The molecule has 0 fully saturated rings. The Morgan fingerprint density at radius 3 is 2.83 bits per heavy atom. The van der Waals surface area contributed by atoms with E-state index >= 15 is 0 Å². The summed E-state index contributed by atoms with van der Waals surface area (Å²) >= 11 is 0. The number of allylic oxidation sites excluding steroid dienone is 2. The lowest BCUT2D eigenvalue weighted by atomic mass is 9.67. The molecule has 130 valence electrons. The molecule has 3 rings (SSSR count). The van der Waals surface area contributed by atoms with Crippen molar-refractivity contribution in [3.63, 3.8) is 0 Å².